The molecule has 4 nitrogen and oxygen atoms in total. The lowest BCUT2D eigenvalue weighted by Crippen LogP contribution is -1.90. The van der Waals surface area contributed by atoms with Gasteiger partial charge in [0.1, 0.15) is 5.52 Å². The highest BCUT2D eigenvalue weighted by molar-refractivity contribution is 7.79. The van der Waals surface area contributed by atoms with Crippen LogP contribution in [0.3, 0.4) is 0 Å². The van der Waals surface area contributed by atoms with Crippen molar-refractivity contribution in [1.82, 2.24) is 19.9 Å². The molecule has 0 saturated carbocycles. The number of aromatic amines is 1. The normalized spacial score (nSPS) is 10.2. The van der Waals surface area contributed by atoms with Crippen molar-refractivity contribution in [3.8, 4) is 0 Å². The number of nitrogens with zero attached hydrogens (tertiary/aromatic N) is 3. The third-order valence-electron chi connectivity index (χ3n) is 1.30. The number of hydrogen-bond donors (Lipinski definition) is 1. The Hall–Kier alpha value is -1.36. The van der Waals surface area contributed by atoms with Crippen molar-refractivity contribution in [3.05, 3.63) is 18.3 Å². The van der Waals surface area contributed by atoms with Gasteiger partial charge in [-0.25, -0.2) is 15.0 Å². The summed E-state index contributed by atoms with van der Waals surface area (Å²) in [6.45, 7) is 0. The van der Waals surface area contributed by atoms with Crippen molar-refractivity contribution in [2.24, 2.45) is 0 Å². The largest absolute Gasteiger partial charge is 0.342 e. The fourth-order valence-corrected chi connectivity index (χ4v) is 0.920. The highest BCUT2D eigenvalue weighted by atomic mass is 32.1. The topological polar surface area (TPSA) is 54.5 Å². The van der Waals surface area contributed by atoms with Crippen LogP contribution in [-0.2, 0) is 0 Å². The Balaban J connectivity index is 2.76. The van der Waals surface area contributed by atoms with Gasteiger partial charge in [0, 0.05) is 5.37 Å². The van der Waals surface area contributed by atoms with Gasteiger partial charge in [0.15, 0.2) is 11.5 Å². The average molecular weight is 164 g/mol. The van der Waals surface area contributed by atoms with E-state index in [-0.39, 0.29) is 0 Å². The van der Waals surface area contributed by atoms with Gasteiger partial charge < -0.3 is 4.98 Å². The Morgan fingerprint density at radius 1 is 1.45 bits per heavy atom. The molecule has 0 fully saturated rings. The maximum absolute atomic E-state index is 4.67. The predicted octanol–water partition coefficient (Wildman–Crippen LogP) is 0.701. The maximum atomic E-state index is 4.67. The molecule has 2 heterocycles. The molecule has 5 heteroatoms. The first-order valence-electron chi connectivity index (χ1n) is 3.01. The molecule has 0 spiro atoms. The van der Waals surface area contributed by atoms with E-state index in [4.69, 9.17) is 0 Å². The zero-order chi connectivity index (χ0) is 7.68. The summed E-state index contributed by atoms with van der Waals surface area (Å²) < 4.78 is 0. The quantitative estimate of drug-likeness (QED) is 0.630. The van der Waals surface area contributed by atoms with Crippen molar-refractivity contribution < 1.29 is 0 Å². The summed E-state index contributed by atoms with van der Waals surface area (Å²) in [7, 11) is 0. The lowest BCUT2D eigenvalue weighted by atomic mass is 10.5. The van der Waals surface area contributed by atoms with Gasteiger partial charge in [0.2, 0.25) is 0 Å². The first kappa shape index (κ1) is 6.36. The van der Waals surface area contributed by atoms with E-state index in [9.17, 15) is 0 Å². The first-order valence-corrected chi connectivity index (χ1v) is 3.48. The van der Waals surface area contributed by atoms with Crippen molar-refractivity contribution in [2.75, 3.05) is 0 Å². The lowest BCUT2D eigenvalue weighted by molar-refractivity contribution is 1.18. The Morgan fingerprint density at radius 3 is 3.18 bits per heavy atom. The van der Waals surface area contributed by atoms with Crippen LogP contribution in [0, 0.1) is 0 Å². The molecule has 0 radical (unpaired) electrons. The van der Waals surface area contributed by atoms with E-state index < -0.39 is 0 Å². The van der Waals surface area contributed by atoms with E-state index in [2.05, 4.69) is 32.2 Å². The van der Waals surface area contributed by atoms with Crippen LogP contribution < -0.4 is 0 Å². The third kappa shape index (κ3) is 0.988. The zero-order valence-electron chi connectivity index (χ0n) is 5.48. The molecule has 11 heavy (non-hydrogen) atoms. The minimum absolute atomic E-state index is 0.527. The van der Waals surface area contributed by atoms with Gasteiger partial charge in [-0.2, -0.15) is 0 Å². The van der Waals surface area contributed by atoms with E-state index in [1.165, 1.54) is 5.37 Å². The SMILES string of the molecule is S=Cc1ncc2[nH]cnc2n1. The molecule has 2 aromatic heterocycles. The van der Waals surface area contributed by atoms with Crippen LogP contribution in [0.1, 0.15) is 5.82 Å². The molecule has 0 aromatic carbocycles. The third-order valence-corrected chi connectivity index (χ3v) is 1.51. The molecule has 0 aliphatic rings. The van der Waals surface area contributed by atoms with E-state index in [0.29, 0.717) is 11.5 Å². The van der Waals surface area contributed by atoms with Crippen LogP contribution in [0.2, 0.25) is 0 Å². The van der Waals surface area contributed by atoms with Gasteiger partial charge in [0.05, 0.1) is 12.5 Å². The number of fused-ring (bicyclic) bond motifs is 1. The van der Waals surface area contributed by atoms with Crippen LogP contribution in [-0.4, -0.2) is 25.3 Å². The molecule has 2 rings (SSSR count). The van der Waals surface area contributed by atoms with E-state index in [0.717, 1.165) is 5.52 Å². The van der Waals surface area contributed by atoms with Gasteiger partial charge in [0.25, 0.3) is 0 Å². The summed E-state index contributed by atoms with van der Waals surface area (Å²) in [4.78, 5) is 14.8. The van der Waals surface area contributed by atoms with E-state index in [1.54, 1.807) is 12.5 Å². The molecular formula is C6H4N4S. The molecule has 0 aliphatic carbocycles. The van der Waals surface area contributed by atoms with Gasteiger partial charge >= 0.3 is 0 Å². The Kier molecular flexibility index (Phi) is 1.36. The smallest absolute Gasteiger partial charge is 0.181 e. The number of aromatic nitrogens is 4. The average Bonchev–Trinajstić information content (AvgIpc) is 2.50. The number of H-pyrrole nitrogens is 1. The van der Waals surface area contributed by atoms with Crippen LogP contribution in [0.5, 0.6) is 0 Å². The zero-order valence-corrected chi connectivity index (χ0v) is 6.30. The van der Waals surface area contributed by atoms with E-state index >= 15 is 0 Å². The number of rotatable bonds is 1. The second kappa shape index (κ2) is 2.35. The van der Waals surface area contributed by atoms with Gasteiger partial charge in [-0.15, -0.1) is 0 Å². The molecule has 0 saturated heterocycles. The number of thiocarbonyl (C=S) groups is 1. The summed E-state index contributed by atoms with van der Waals surface area (Å²) in [6, 6.07) is 0. The van der Waals surface area contributed by atoms with Gasteiger partial charge in [-0.3, -0.25) is 0 Å². The van der Waals surface area contributed by atoms with E-state index in [1.807, 2.05) is 0 Å². The van der Waals surface area contributed by atoms with Gasteiger partial charge in [-0.05, 0) is 0 Å². The molecule has 2 aromatic rings. The second-order valence-corrected chi connectivity index (χ2v) is 2.22. The van der Waals surface area contributed by atoms with Crippen LogP contribution >= 0.6 is 12.2 Å². The predicted molar refractivity (Wildman–Crippen MR) is 44.4 cm³/mol. The maximum Gasteiger partial charge on any atom is 0.181 e. The summed E-state index contributed by atoms with van der Waals surface area (Å²) in [5.41, 5.74) is 1.47. The van der Waals surface area contributed by atoms with Crippen LogP contribution in [0.15, 0.2) is 12.5 Å². The van der Waals surface area contributed by atoms with Crippen molar-refractivity contribution in [1.29, 1.82) is 0 Å². The molecule has 0 atom stereocenters. The van der Waals surface area contributed by atoms with Crippen molar-refractivity contribution >= 4 is 28.7 Å². The fourth-order valence-electron chi connectivity index (χ4n) is 0.806. The summed E-state index contributed by atoms with van der Waals surface area (Å²) in [5.74, 6) is 0.527. The van der Waals surface area contributed by atoms with Crippen LogP contribution in [0.25, 0.3) is 11.2 Å². The molecule has 0 aliphatic heterocycles. The van der Waals surface area contributed by atoms with Crippen LogP contribution in [0.4, 0.5) is 0 Å². The Morgan fingerprint density at radius 2 is 2.36 bits per heavy atom. The van der Waals surface area contributed by atoms with Gasteiger partial charge in [-0.1, -0.05) is 12.2 Å². The summed E-state index contributed by atoms with van der Waals surface area (Å²) >= 11 is 4.67. The number of hydrogen-bond acceptors (Lipinski definition) is 4. The monoisotopic (exact) mass is 164 g/mol. The molecule has 1 N–H and O–H groups in total. The number of imidazole rings is 1. The highest BCUT2D eigenvalue weighted by Gasteiger charge is 1.97. The first-order chi connectivity index (χ1) is 5.40. The van der Waals surface area contributed by atoms with Crippen molar-refractivity contribution in [2.45, 2.75) is 0 Å². The standard InChI is InChI=1S/C6H4N4S/c11-2-5-7-1-4-6(10-5)9-3-8-4/h1-3H,(H,7,8,9,10). The van der Waals surface area contributed by atoms with Crippen molar-refractivity contribution in [3.63, 3.8) is 0 Å². The molecular weight excluding hydrogens is 160 g/mol. The molecule has 0 bridgehead atoms. The second-order valence-electron chi connectivity index (χ2n) is 1.99. The lowest BCUT2D eigenvalue weighted by Gasteiger charge is -1.88. The minimum atomic E-state index is 0.527. The summed E-state index contributed by atoms with van der Waals surface area (Å²) in [6.07, 6.45) is 3.24. The molecule has 0 unspecified atom stereocenters. The number of nitrogens with one attached hydrogen (secondary N) is 1. The summed E-state index contributed by atoms with van der Waals surface area (Å²) in [5, 5.41) is 1.42. The minimum Gasteiger partial charge on any atom is -0.342 e. The molecule has 54 valence electrons. The Bertz CT molecular complexity index is 394. The fraction of sp³-hybridized carbons (Fsp3) is 0. The Labute approximate surface area is 67.7 Å². The highest BCUT2D eigenvalue weighted by Crippen LogP contribution is 2.02. The molecule has 0 amide bonds.